The first-order valence-corrected chi connectivity index (χ1v) is 13.2. The smallest absolute Gasteiger partial charge is 0.157 e. The number of piperidine rings is 1. The van der Waals surface area contributed by atoms with E-state index in [1.165, 1.54) is 30.1 Å². The van der Waals surface area contributed by atoms with Gasteiger partial charge in [0.2, 0.25) is 0 Å². The number of aromatic hydroxyl groups is 2. The van der Waals surface area contributed by atoms with Gasteiger partial charge in [0, 0.05) is 36.6 Å². The van der Waals surface area contributed by atoms with Gasteiger partial charge >= 0.3 is 0 Å². The second-order valence-electron chi connectivity index (χ2n) is 11.5. The zero-order valence-electron chi connectivity index (χ0n) is 20.0. The molecule has 0 radical (unpaired) electrons. The lowest BCUT2D eigenvalue weighted by Crippen LogP contribution is -2.65. The van der Waals surface area contributed by atoms with Crippen molar-refractivity contribution in [3.05, 3.63) is 58.5 Å². The van der Waals surface area contributed by atoms with Gasteiger partial charge in [0.05, 0.1) is 11.1 Å². The van der Waals surface area contributed by atoms with Gasteiger partial charge in [0.1, 0.15) is 5.82 Å². The van der Waals surface area contributed by atoms with E-state index in [0.29, 0.717) is 18.8 Å². The Bertz CT molecular complexity index is 1330. The molecule has 2 aromatic carbocycles. The molecule has 35 heavy (non-hydrogen) atoms. The van der Waals surface area contributed by atoms with Crippen LogP contribution in [0.1, 0.15) is 48.1 Å². The van der Waals surface area contributed by atoms with Crippen molar-refractivity contribution in [3.8, 4) is 11.5 Å². The zero-order chi connectivity index (χ0) is 23.9. The first-order chi connectivity index (χ1) is 16.9. The molecule has 4 aliphatic rings. The highest BCUT2D eigenvalue weighted by Gasteiger charge is 2.53. The summed E-state index contributed by atoms with van der Waals surface area (Å²) in [5.74, 6) is 0.432. The molecule has 3 atom stereocenters. The Morgan fingerprint density at radius 2 is 1.89 bits per heavy atom. The van der Waals surface area contributed by atoms with Crippen molar-refractivity contribution in [1.82, 2.24) is 9.47 Å². The lowest BCUT2D eigenvalue weighted by Gasteiger charge is -2.54. The number of hydrogen-bond acceptors (Lipinski definition) is 4. The lowest BCUT2D eigenvalue weighted by atomic mass is 9.65. The number of phenols is 2. The molecule has 2 aliphatic carbocycles. The first kappa shape index (κ1) is 21.7. The topological polar surface area (TPSA) is 68.9 Å². The maximum atomic E-state index is 14.6. The van der Waals surface area contributed by atoms with Crippen LogP contribution in [-0.4, -0.2) is 49.5 Å². The number of aromatic nitrogens is 1. The van der Waals surface area contributed by atoms with Crippen molar-refractivity contribution in [2.75, 3.05) is 13.1 Å². The summed E-state index contributed by atoms with van der Waals surface area (Å²) in [4.78, 5) is 2.48. The number of likely N-dealkylation sites (tertiary alicyclic amines) is 1. The van der Waals surface area contributed by atoms with Crippen LogP contribution in [0.3, 0.4) is 0 Å². The number of nitrogens with zero attached hydrogens (tertiary/aromatic N) is 2. The van der Waals surface area contributed by atoms with Crippen LogP contribution in [-0.2, 0) is 32.2 Å². The van der Waals surface area contributed by atoms with Crippen molar-refractivity contribution >= 4 is 10.9 Å². The minimum Gasteiger partial charge on any atom is -0.504 e. The molecule has 0 amide bonds. The minimum absolute atomic E-state index is 0.0875. The number of rotatable bonds is 4. The van der Waals surface area contributed by atoms with E-state index in [1.54, 1.807) is 18.2 Å². The molecule has 3 unspecified atom stereocenters. The monoisotopic (exact) mass is 476 g/mol. The molecule has 3 aromatic rings. The molecule has 2 aliphatic heterocycles. The third-order valence-corrected chi connectivity index (χ3v) is 9.30. The fourth-order valence-corrected chi connectivity index (χ4v) is 7.40. The van der Waals surface area contributed by atoms with Gasteiger partial charge in [-0.1, -0.05) is 6.07 Å². The molecule has 2 fully saturated rings. The van der Waals surface area contributed by atoms with E-state index in [9.17, 15) is 19.7 Å². The van der Waals surface area contributed by atoms with E-state index >= 15 is 0 Å². The van der Waals surface area contributed by atoms with Gasteiger partial charge in [0.25, 0.3) is 0 Å². The van der Waals surface area contributed by atoms with E-state index in [2.05, 4.69) is 9.47 Å². The molecule has 1 saturated carbocycles. The van der Waals surface area contributed by atoms with Crippen molar-refractivity contribution in [2.45, 2.75) is 69.6 Å². The Morgan fingerprint density at radius 3 is 2.69 bits per heavy atom. The predicted octanol–water partition coefficient (Wildman–Crippen LogP) is 4.31. The van der Waals surface area contributed by atoms with E-state index < -0.39 is 5.60 Å². The quantitative estimate of drug-likeness (QED) is 0.491. The van der Waals surface area contributed by atoms with Crippen LogP contribution in [0.5, 0.6) is 11.5 Å². The van der Waals surface area contributed by atoms with Crippen LogP contribution < -0.4 is 0 Å². The van der Waals surface area contributed by atoms with Gasteiger partial charge in [-0.05, 0) is 104 Å². The molecule has 3 N–H and O–H groups in total. The van der Waals surface area contributed by atoms with Crippen molar-refractivity contribution in [2.24, 2.45) is 11.8 Å². The Kier molecular flexibility index (Phi) is 4.78. The molecule has 7 rings (SSSR count). The van der Waals surface area contributed by atoms with Gasteiger partial charge in [-0.15, -0.1) is 0 Å². The molecule has 1 saturated heterocycles. The summed E-state index contributed by atoms with van der Waals surface area (Å²) in [5.41, 5.74) is 4.71. The Hall–Kier alpha value is -2.57. The highest BCUT2D eigenvalue weighted by molar-refractivity contribution is 5.89. The number of phenolic OH excluding ortho intramolecular Hbond substituents is 2. The highest BCUT2D eigenvalue weighted by Crippen LogP contribution is 2.48. The summed E-state index contributed by atoms with van der Waals surface area (Å²) < 4.78 is 17.1. The van der Waals surface area contributed by atoms with Gasteiger partial charge in [-0.3, -0.25) is 4.90 Å². The van der Waals surface area contributed by atoms with Crippen LogP contribution in [0.15, 0.2) is 30.3 Å². The average Bonchev–Trinajstić information content (AvgIpc) is 3.60. The molecular formula is C29H33FN2O3. The molecular weight excluding hydrogens is 443 g/mol. The Labute approximate surface area is 204 Å². The fraction of sp³-hybridized carbons (Fsp3) is 0.517. The summed E-state index contributed by atoms with van der Waals surface area (Å²) in [6.07, 6.45) is 7.39. The molecule has 0 spiro atoms. The molecule has 5 nitrogen and oxygen atoms in total. The molecule has 1 aromatic heterocycles. The zero-order valence-corrected chi connectivity index (χ0v) is 20.0. The lowest BCUT2D eigenvalue weighted by molar-refractivity contribution is -0.126. The first-order valence-electron chi connectivity index (χ1n) is 13.2. The molecule has 184 valence electrons. The summed E-state index contributed by atoms with van der Waals surface area (Å²) in [6, 6.07) is 8.30. The van der Waals surface area contributed by atoms with E-state index in [4.69, 9.17) is 0 Å². The van der Waals surface area contributed by atoms with Gasteiger partial charge in [0.15, 0.2) is 11.5 Å². The Balaban J connectivity index is 1.32. The fourth-order valence-electron chi connectivity index (χ4n) is 7.40. The predicted molar refractivity (Wildman–Crippen MR) is 132 cm³/mol. The van der Waals surface area contributed by atoms with E-state index in [1.807, 2.05) is 6.07 Å². The largest absolute Gasteiger partial charge is 0.504 e. The number of benzene rings is 2. The second kappa shape index (κ2) is 7.71. The summed E-state index contributed by atoms with van der Waals surface area (Å²) in [5, 5.41) is 33.4. The normalized spacial score (nSPS) is 28.2. The number of fused-ring (bicyclic) bond motifs is 4. The third-order valence-electron chi connectivity index (χ3n) is 9.30. The maximum absolute atomic E-state index is 14.6. The number of hydrogen-bond donors (Lipinski definition) is 3. The van der Waals surface area contributed by atoms with Gasteiger partial charge in [-0.25, -0.2) is 4.39 Å². The highest BCUT2D eigenvalue weighted by atomic mass is 19.1. The van der Waals surface area contributed by atoms with Crippen molar-refractivity contribution in [3.63, 3.8) is 0 Å². The van der Waals surface area contributed by atoms with Crippen LogP contribution >= 0.6 is 0 Å². The molecule has 6 heteroatoms. The number of aryl methyl sites for hydroxylation is 2. The van der Waals surface area contributed by atoms with Crippen molar-refractivity contribution < 1.29 is 19.7 Å². The third kappa shape index (κ3) is 3.40. The van der Waals surface area contributed by atoms with Gasteiger partial charge < -0.3 is 19.9 Å². The van der Waals surface area contributed by atoms with E-state index in [0.717, 1.165) is 67.4 Å². The molecule has 3 heterocycles. The average molecular weight is 477 g/mol. The molecule has 0 bridgehead atoms. The summed E-state index contributed by atoms with van der Waals surface area (Å²) in [6.45, 7) is 2.93. The number of halogens is 1. The van der Waals surface area contributed by atoms with Crippen LogP contribution in [0.2, 0.25) is 0 Å². The summed E-state index contributed by atoms with van der Waals surface area (Å²) >= 11 is 0. The minimum atomic E-state index is -0.923. The standard InChI is InChI=1S/C29H33FN2O3/c30-21-12-19-2-1-8-32-24-13-20-7-9-31(16-17-3-4-17)27(11-18-5-6-25(33)26(34)10-18)29(20,35)15-23(24)22(14-21)28(19)32/h5-6,10,12,14,17,20,27,33-35H,1-4,7-9,11,13,15-16H2. The van der Waals surface area contributed by atoms with Crippen LogP contribution in [0, 0.1) is 17.7 Å². The van der Waals surface area contributed by atoms with E-state index in [-0.39, 0.29) is 29.3 Å². The maximum Gasteiger partial charge on any atom is 0.157 e. The van der Waals surface area contributed by atoms with Crippen molar-refractivity contribution in [1.29, 1.82) is 0 Å². The Morgan fingerprint density at radius 1 is 1.03 bits per heavy atom. The van der Waals surface area contributed by atoms with Crippen LogP contribution in [0.25, 0.3) is 10.9 Å². The van der Waals surface area contributed by atoms with Crippen LogP contribution in [0.4, 0.5) is 4.39 Å². The van der Waals surface area contributed by atoms with Gasteiger partial charge in [-0.2, -0.15) is 0 Å². The second-order valence-corrected chi connectivity index (χ2v) is 11.5. The number of aliphatic hydroxyl groups is 1. The SMILES string of the molecule is Oc1ccc(CC2N(CC3CC3)CCC3Cc4c(c5cc(F)cc6c5n4CCC6)CC32O)cc1O. The summed E-state index contributed by atoms with van der Waals surface area (Å²) in [7, 11) is 0.